The molecule has 0 aliphatic heterocycles. The minimum atomic E-state index is -0.401. The smallest absolute Gasteiger partial charge is 0.224 e. The highest BCUT2D eigenvalue weighted by atomic mass is 35.5. The Hall–Kier alpha value is -1.52. The topological polar surface area (TPSA) is 68.3 Å². The van der Waals surface area contributed by atoms with Crippen molar-refractivity contribution in [3.63, 3.8) is 0 Å². The summed E-state index contributed by atoms with van der Waals surface area (Å²) in [6.07, 6.45) is 1.97. The van der Waals surface area contributed by atoms with Gasteiger partial charge in [0.1, 0.15) is 5.58 Å². The largest absolute Gasteiger partial charge is 0.464 e. The van der Waals surface area contributed by atoms with Crippen molar-refractivity contribution >= 4 is 29.3 Å². The third-order valence-corrected chi connectivity index (χ3v) is 3.36. The first-order chi connectivity index (χ1) is 9.26. The molecule has 0 aliphatic carbocycles. The first kappa shape index (κ1) is 17.5. The molecular formula is C16H23ClN2O2. The summed E-state index contributed by atoms with van der Waals surface area (Å²) in [6.45, 7) is 8.33. The molecule has 0 unspecified atom stereocenters. The maximum Gasteiger partial charge on any atom is 0.224 e. The van der Waals surface area contributed by atoms with Gasteiger partial charge >= 0.3 is 0 Å². The fourth-order valence-corrected chi connectivity index (χ4v) is 2.04. The van der Waals surface area contributed by atoms with Crippen LogP contribution in [-0.2, 0) is 11.2 Å². The van der Waals surface area contributed by atoms with E-state index in [0.717, 1.165) is 16.5 Å². The zero-order valence-corrected chi connectivity index (χ0v) is 13.8. The Balaban J connectivity index is 0.00000220. The molecule has 0 fully saturated rings. The van der Waals surface area contributed by atoms with Gasteiger partial charge in [0.2, 0.25) is 5.91 Å². The molecule has 4 nitrogen and oxygen atoms in total. The highest BCUT2D eigenvalue weighted by Crippen LogP contribution is 2.25. The second kappa shape index (κ2) is 6.50. The van der Waals surface area contributed by atoms with Crippen molar-refractivity contribution in [2.75, 3.05) is 6.54 Å². The molecule has 116 valence electrons. The predicted octanol–water partition coefficient (Wildman–Crippen LogP) is 2.87. The Morgan fingerprint density at radius 1 is 1.29 bits per heavy atom. The van der Waals surface area contributed by atoms with Crippen molar-refractivity contribution in [1.29, 1.82) is 0 Å². The van der Waals surface area contributed by atoms with Crippen molar-refractivity contribution in [3.8, 4) is 0 Å². The summed E-state index contributed by atoms with van der Waals surface area (Å²) in [5.74, 6) is -0.0375. The normalized spacial score (nSPS) is 11.3. The van der Waals surface area contributed by atoms with Gasteiger partial charge in [-0.15, -0.1) is 12.4 Å². The van der Waals surface area contributed by atoms with Gasteiger partial charge in [-0.2, -0.15) is 0 Å². The van der Waals surface area contributed by atoms with E-state index in [1.54, 1.807) is 6.26 Å². The number of rotatable bonds is 4. The molecule has 1 heterocycles. The Morgan fingerprint density at radius 3 is 2.52 bits per heavy atom. The molecular weight excluding hydrogens is 288 g/mol. The summed E-state index contributed by atoms with van der Waals surface area (Å²) < 4.78 is 5.53. The molecule has 2 aromatic rings. The van der Waals surface area contributed by atoms with Gasteiger partial charge in [0.25, 0.3) is 0 Å². The van der Waals surface area contributed by atoms with E-state index < -0.39 is 5.54 Å². The van der Waals surface area contributed by atoms with Crippen LogP contribution in [0.3, 0.4) is 0 Å². The number of amides is 1. The zero-order valence-electron chi connectivity index (χ0n) is 12.9. The number of halogens is 1. The SMILES string of the molecule is Cc1cc2occ(CC(=O)NCC(C)(C)N)c2cc1C.Cl. The molecule has 0 saturated heterocycles. The number of fused-ring (bicyclic) bond motifs is 1. The fourth-order valence-electron chi connectivity index (χ4n) is 2.04. The van der Waals surface area contributed by atoms with Crippen LogP contribution in [0.1, 0.15) is 30.5 Å². The van der Waals surface area contributed by atoms with E-state index in [1.165, 1.54) is 11.1 Å². The van der Waals surface area contributed by atoms with Crippen LogP contribution in [-0.4, -0.2) is 18.0 Å². The Labute approximate surface area is 131 Å². The second-order valence-electron chi connectivity index (χ2n) is 6.14. The molecule has 2 rings (SSSR count). The number of furan rings is 1. The van der Waals surface area contributed by atoms with Gasteiger partial charge in [0.05, 0.1) is 12.7 Å². The molecule has 1 amide bonds. The van der Waals surface area contributed by atoms with E-state index in [1.807, 2.05) is 26.8 Å². The fraction of sp³-hybridized carbons (Fsp3) is 0.438. The molecule has 0 saturated carbocycles. The molecule has 3 N–H and O–H groups in total. The van der Waals surface area contributed by atoms with Crippen molar-refractivity contribution in [2.45, 2.75) is 39.7 Å². The van der Waals surface area contributed by atoms with Gasteiger partial charge in [0.15, 0.2) is 0 Å². The summed E-state index contributed by atoms with van der Waals surface area (Å²) in [4.78, 5) is 11.9. The number of aryl methyl sites for hydroxylation is 2. The number of carbonyl (C=O) groups excluding carboxylic acids is 1. The minimum Gasteiger partial charge on any atom is -0.464 e. The van der Waals surface area contributed by atoms with Crippen LogP contribution in [0.25, 0.3) is 11.0 Å². The van der Waals surface area contributed by atoms with Crippen molar-refractivity contribution in [3.05, 3.63) is 35.1 Å². The lowest BCUT2D eigenvalue weighted by Gasteiger charge is -2.18. The minimum absolute atomic E-state index is 0. The lowest BCUT2D eigenvalue weighted by atomic mass is 10.0. The Morgan fingerprint density at radius 2 is 1.90 bits per heavy atom. The zero-order chi connectivity index (χ0) is 14.9. The van der Waals surface area contributed by atoms with E-state index in [9.17, 15) is 4.79 Å². The van der Waals surface area contributed by atoms with Crippen LogP contribution in [0.4, 0.5) is 0 Å². The number of hydrogen-bond acceptors (Lipinski definition) is 3. The van der Waals surface area contributed by atoms with Crippen molar-refractivity contribution in [2.24, 2.45) is 5.73 Å². The third kappa shape index (κ3) is 4.48. The van der Waals surface area contributed by atoms with Crippen LogP contribution in [0.5, 0.6) is 0 Å². The van der Waals surface area contributed by atoms with Crippen LogP contribution in [0, 0.1) is 13.8 Å². The molecule has 0 aliphatic rings. The molecule has 0 bridgehead atoms. The van der Waals surface area contributed by atoms with E-state index in [-0.39, 0.29) is 18.3 Å². The number of benzene rings is 1. The van der Waals surface area contributed by atoms with Crippen molar-refractivity contribution < 1.29 is 9.21 Å². The summed E-state index contributed by atoms with van der Waals surface area (Å²) in [7, 11) is 0. The number of hydrogen-bond donors (Lipinski definition) is 2. The monoisotopic (exact) mass is 310 g/mol. The van der Waals surface area contributed by atoms with Gasteiger partial charge in [-0.05, 0) is 51.0 Å². The predicted molar refractivity (Wildman–Crippen MR) is 87.9 cm³/mol. The quantitative estimate of drug-likeness (QED) is 0.912. The van der Waals surface area contributed by atoms with Gasteiger partial charge in [-0.3, -0.25) is 4.79 Å². The molecule has 1 aromatic carbocycles. The Kier molecular flexibility index (Phi) is 5.42. The van der Waals surface area contributed by atoms with Crippen LogP contribution >= 0.6 is 12.4 Å². The first-order valence-electron chi connectivity index (χ1n) is 6.79. The van der Waals surface area contributed by atoms with Crippen LogP contribution in [0.2, 0.25) is 0 Å². The number of nitrogens with one attached hydrogen (secondary N) is 1. The summed E-state index contributed by atoms with van der Waals surface area (Å²) >= 11 is 0. The van der Waals surface area contributed by atoms with Gasteiger partial charge < -0.3 is 15.5 Å². The molecule has 0 radical (unpaired) electrons. The lowest BCUT2D eigenvalue weighted by molar-refractivity contribution is -0.120. The molecule has 1 aromatic heterocycles. The van der Waals surface area contributed by atoms with Gasteiger partial charge in [-0.25, -0.2) is 0 Å². The second-order valence-corrected chi connectivity index (χ2v) is 6.14. The van der Waals surface area contributed by atoms with Crippen LogP contribution in [0.15, 0.2) is 22.8 Å². The van der Waals surface area contributed by atoms with E-state index >= 15 is 0 Å². The van der Waals surface area contributed by atoms with Crippen LogP contribution < -0.4 is 11.1 Å². The van der Waals surface area contributed by atoms with E-state index in [2.05, 4.69) is 18.3 Å². The standard InChI is InChI=1S/C16H22N2O2.ClH/c1-10-5-13-12(8-20-14(13)6-11(10)2)7-15(19)18-9-16(3,4)17;/h5-6,8H,7,9,17H2,1-4H3,(H,18,19);1H. The first-order valence-corrected chi connectivity index (χ1v) is 6.79. The van der Waals surface area contributed by atoms with E-state index in [0.29, 0.717) is 13.0 Å². The van der Waals surface area contributed by atoms with E-state index in [4.69, 9.17) is 10.2 Å². The van der Waals surface area contributed by atoms with Gasteiger partial charge in [-0.1, -0.05) is 0 Å². The maximum atomic E-state index is 11.9. The summed E-state index contributed by atoms with van der Waals surface area (Å²) in [5, 5.41) is 3.86. The lowest BCUT2D eigenvalue weighted by Crippen LogP contribution is -2.45. The average molecular weight is 311 g/mol. The number of carbonyl (C=O) groups is 1. The summed E-state index contributed by atoms with van der Waals surface area (Å²) in [6, 6.07) is 4.08. The van der Waals surface area contributed by atoms with Crippen molar-refractivity contribution in [1.82, 2.24) is 5.32 Å². The molecule has 21 heavy (non-hydrogen) atoms. The third-order valence-electron chi connectivity index (χ3n) is 3.36. The Bertz CT molecular complexity index is 641. The highest BCUT2D eigenvalue weighted by Gasteiger charge is 2.15. The van der Waals surface area contributed by atoms with Gasteiger partial charge in [0, 0.05) is 23.0 Å². The maximum absolute atomic E-state index is 11.9. The number of nitrogens with two attached hydrogens (primary N) is 1. The molecule has 5 heteroatoms. The summed E-state index contributed by atoms with van der Waals surface area (Å²) in [5.41, 5.74) is 9.58. The highest BCUT2D eigenvalue weighted by molar-refractivity contribution is 5.88. The molecule has 0 spiro atoms. The average Bonchev–Trinajstić information content (AvgIpc) is 2.69. The molecule has 0 atom stereocenters.